The number of nitrogens with zero attached hydrogens (tertiary/aromatic N) is 1. The van der Waals surface area contributed by atoms with Gasteiger partial charge in [-0.05, 0) is 32.0 Å². The Bertz CT molecular complexity index is 439. The van der Waals surface area contributed by atoms with Gasteiger partial charge in [-0.2, -0.15) is 0 Å². The number of ether oxygens (including phenoxy) is 1. The molecule has 0 radical (unpaired) electrons. The molecule has 1 aliphatic rings. The molecule has 0 bridgehead atoms. The number of benzene rings is 1. The molecular formula is C13H18ClFN2O. The normalized spacial score (nSPS) is 23.2. The summed E-state index contributed by atoms with van der Waals surface area (Å²) in [5, 5.41) is 0.140. The third kappa shape index (κ3) is 2.94. The smallest absolute Gasteiger partial charge is 0.141 e. The number of halogens is 2. The van der Waals surface area contributed by atoms with Crippen molar-refractivity contribution < 1.29 is 9.13 Å². The molecule has 0 amide bonds. The third-order valence-electron chi connectivity index (χ3n) is 3.01. The van der Waals surface area contributed by atoms with Crippen LogP contribution in [0.4, 0.5) is 10.1 Å². The first-order valence-corrected chi connectivity index (χ1v) is 6.37. The zero-order valence-electron chi connectivity index (χ0n) is 10.6. The van der Waals surface area contributed by atoms with Gasteiger partial charge in [-0.1, -0.05) is 11.6 Å². The van der Waals surface area contributed by atoms with E-state index in [-0.39, 0.29) is 16.7 Å². The molecule has 0 saturated carbocycles. The Labute approximate surface area is 112 Å². The Kier molecular flexibility index (Phi) is 3.80. The molecule has 2 N–H and O–H groups in total. The molecule has 1 heterocycles. The molecule has 1 aliphatic heterocycles. The molecule has 1 aromatic carbocycles. The summed E-state index contributed by atoms with van der Waals surface area (Å²) in [7, 11) is 0. The molecule has 1 fully saturated rings. The van der Waals surface area contributed by atoms with Gasteiger partial charge in [0.2, 0.25) is 0 Å². The summed E-state index contributed by atoms with van der Waals surface area (Å²) >= 11 is 5.82. The van der Waals surface area contributed by atoms with Crippen LogP contribution in [0.15, 0.2) is 18.2 Å². The molecule has 18 heavy (non-hydrogen) atoms. The van der Waals surface area contributed by atoms with Crippen LogP contribution in [0.3, 0.4) is 0 Å². The Balaban J connectivity index is 2.23. The van der Waals surface area contributed by atoms with Crippen molar-refractivity contribution >= 4 is 17.3 Å². The number of hydrogen-bond acceptors (Lipinski definition) is 3. The number of rotatable bonds is 2. The summed E-state index contributed by atoms with van der Waals surface area (Å²) < 4.78 is 19.0. The van der Waals surface area contributed by atoms with Crippen LogP contribution in [0.5, 0.6) is 0 Å². The van der Waals surface area contributed by atoms with Gasteiger partial charge in [0.15, 0.2) is 0 Å². The van der Waals surface area contributed by atoms with Crippen LogP contribution < -0.4 is 10.6 Å². The van der Waals surface area contributed by atoms with E-state index >= 15 is 0 Å². The van der Waals surface area contributed by atoms with Gasteiger partial charge in [0.05, 0.1) is 16.7 Å². The Morgan fingerprint density at radius 1 is 1.56 bits per heavy atom. The maximum absolute atomic E-state index is 13.2. The van der Waals surface area contributed by atoms with Gasteiger partial charge in [0.25, 0.3) is 0 Å². The van der Waals surface area contributed by atoms with E-state index in [4.69, 9.17) is 22.1 Å². The fourth-order valence-electron chi connectivity index (χ4n) is 2.30. The number of morpholine rings is 1. The zero-order valence-corrected chi connectivity index (χ0v) is 11.4. The molecule has 0 aromatic heterocycles. The van der Waals surface area contributed by atoms with E-state index in [1.165, 1.54) is 6.07 Å². The first kappa shape index (κ1) is 13.6. The quantitative estimate of drug-likeness (QED) is 0.899. The van der Waals surface area contributed by atoms with Gasteiger partial charge in [0, 0.05) is 25.3 Å². The standard InChI is InChI=1S/C13H18ClFN2O/c1-13(2)8-17(7-10(6-16)18-13)9-3-4-12(15)11(14)5-9/h3-5,10H,6-8,16H2,1-2H3. The van der Waals surface area contributed by atoms with Crippen LogP contribution in [-0.4, -0.2) is 31.3 Å². The monoisotopic (exact) mass is 272 g/mol. The minimum atomic E-state index is -0.400. The molecule has 1 saturated heterocycles. The molecule has 100 valence electrons. The predicted molar refractivity (Wildman–Crippen MR) is 71.6 cm³/mol. The van der Waals surface area contributed by atoms with Crippen LogP contribution in [-0.2, 0) is 4.74 Å². The summed E-state index contributed by atoms with van der Waals surface area (Å²) in [6.07, 6.45) is -0.0161. The maximum Gasteiger partial charge on any atom is 0.141 e. The second-order valence-corrected chi connectivity index (χ2v) is 5.62. The lowest BCUT2D eigenvalue weighted by atomic mass is 10.0. The second-order valence-electron chi connectivity index (χ2n) is 5.21. The number of hydrogen-bond donors (Lipinski definition) is 1. The van der Waals surface area contributed by atoms with E-state index in [1.54, 1.807) is 12.1 Å². The average Bonchev–Trinajstić information content (AvgIpc) is 2.30. The fourth-order valence-corrected chi connectivity index (χ4v) is 2.47. The first-order chi connectivity index (χ1) is 8.41. The summed E-state index contributed by atoms with van der Waals surface area (Å²) in [6, 6.07) is 4.76. The van der Waals surface area contributed by atoms with Crippen LogP contribution in [0.2, 0.25) is 5.02 Å². The lowest BCUT2D eigenvalue weighted by Crippen LogP contribution is -2.54. The van der Waals surface area contributed by atoms with Crippen molar-refractivity contribution in [1.82, 2.24) is 0 Å². The fraction of sp³-hybridized carbons (Fsp3) is 0.538. The molecule has 3 nitrogen and oxygen atoms in total. The zero-order chi connectivity index (χ0) is 13.3. The highest BCUT2D eigenvalue weighted by Crippen LogP contribution is 2.28. The Hall–Kier alpha value is -0.840. The topological polar surface area (TPSA) is 38.5 Å². The lowest BCUT2D eigenvalue weighted by Gasteiger charge is -2.43. The molecule has 1 unspecified atom stereocenters. The highest BCUT2D eigenvalue weighted by atomic mass is 35.5. The molecule has 2 rings (SSSR count). The highest BCUT2D eigenvalue weighted by molar-refractivity contribution is 6.31. The SMILES string of the molecule is CC1(C)CN(c2ccc(F)c(Cl)c2)CC(CN)O1. The Morgan fingerprint density at radius 2 is 2.28 bits per heavy atom. The molecule has 1 atom stereocenters. The molecule has 5 heteroatoms. The summed E-state index contributed by atoms with van der Waals surface area (Å²) in [4.78, 5) is 2.13. The second kappa shape index (κ2) is 5.03. The van der Waals surface area contributed by atoms with E-state index in [0.717, 1.165) is 12.2 Å². The predicted octanol–water partition coefficient (Wildman–Crippen LogP) is 2.42. The van der Waals surface area contributed by atoms with E-state index < -0.39 is 5.82 Å². The van der Waals surface area contributed by atoms with E-state index in [9.17, 15) is 4.39 Å². The van der Waals surface area contributed by atoms with Gasteiger partial charge in [-0.3, -0.25) is 0 Å². The van der Waals surface area contributed by atoms with Gasteiger partial charge < -0.3 is 15.4 Å². The minimum Gasteiger partial charge on any atom is -0.367 e. The minimum absolute atomic E-state index is 0.0161. The molecule has 0 aliphatic carbocycles. The van der Waals surface area contributed by atoms with Crippen molar-refractivity contribution in [2.45, 2.75) is 25.6 Å². The average molecular weight is 273 g/mol. The van der Waals surface area contributed by atoms with Gasteiger partial charge >= 0.3 is 0 Å². The first-order valence-electron chi connectivity index (χ1n) is 5.99. The maximum atomic E-state index is 13.2. The van der Waals surface area contributed by atoms with Crippen molar-refractivity contribution in [2.75, 3.05) is 24.5 Å². The summed E-state index contributed by atoms with van der Waals surface area (Å²) in [5.74, 6) is -0.400. The summed E-state index contributed by atoms with van der Waals surface area (Å²) in [6.45, 7) is 5.93. The molecule has 1 aromatic rings. The van der Waals surface area contributed by atoms with E-state index in [0.29, 0.717) is 13.1 Å². The van der Waals surface area contributed by atoms with Crippen molar-refractivity contribution in [3.63, 3.8) is 0 Å². The van der Waals surface area contributed by atoms with Crippen molar-refractivity contribution in [3.05, 3.63) is 29.0 Å². The van der Waals surface area contributed by atoms with Crippen LogP contribution in [0, 0.1) is 5.82 Å². The highest BCUT2D eigenvalue weighted by Gasteiger charge is 2.32. The largest absolute Gasteiger partial charge is 0.367 e. The van der Waals surface area contributed by atoms with Crippen LogP contribution in [0.25, 0.3) is 0 Å². The summed E-state index contributed by atoms with van der Waals surface area (Å²) in [5.41, 5.74) is 6.31. The van der Waals surface area contributed by atoms with Gasteiger partial charge in [-0.25, -0.2) is 4.39 Å². The van der Waals surface area contributed by atoms with Crippen molar-refractivity contribution in [3.8, 4) is 0 Å². The molecule has 0 spiro atoms. The number of nitrogens with two attached hydrogens (primary N) is 1. The van der Waals surface area contributed by atoms with E-state index in [1.807, 2.05) is 13.8 Å². The Morgan fingerprint density at radius 3 is 2.89 bits per heavy atom. The number of anilines is 1. The molecular weight excluding hydrogens is 255 g/mol. The lowest BCUT2D eigenvalue weighted by molar-refractivity contribution is -0.0788. The van der Waals surface area contributed by atoms with Gasteiger partial charge in [-0.15, -0.1) is 0 Å². The van der Waals surface area contributed by atoms with E-state index in [2.05, 4.69) is 4.90 Å². The van der Waals surface area contributed by atoms with Crippen LogP contribution in [0.1, 0.15) is 13.8 Å². The third-order valence-corrected chi connectivity index (χ3v) is 3.30. The van der Waals surface area contributed by atoms with Crippen LogP contribution >= 0.6 is 11.6 Å². The van der Waals surface area contributed by atoms with Gasteiger partial charge in [0.1, 0.15) is 5.82 Å². The van der Waals surface area contributed by atoms with Crippen molar-refractivity contribution in [1.29, 1.82) is 0 Å². The van der Waals surface area contributed by atoms with Crippen molar-refractivity contribution in [2.24, 2.45) is 5.73 Å².